The maximum Gasteiger partial charge on any atom is 0.332 e. The second kappa shape index (κ2) is 3.84. The summed E-state index contributed by atoms with van der Waals surface area (Å²) in [5.74, 6) is -0.522. The maximum absolute atomic E-state index is 11.0. The molecule has 2 unspecified atom stereocenters. The number of nitrogens with zero attached hydrogens (tertiary/aromatic N) is 1. The molecule has 0 fully saturated rings. The van der Waals surface area contributed by atoms with Crippen LogP contribution in [0.3, 0.4) is 0 Å². The number of phenols is 1. The highest BCUT2D eigenvalue weighted by molar-refractivity contribution is 5.84. The summed E-state index contributed by atoms with van der Waals surface area (Å²) >= 11 is 0. The summed E-state index contributed by atoms with van der Waals surface area (Å²) in [5.41, 5.74) is 0.686. The fourth-order valence-electron chi connectivity index (χ4n) is 1.64. The molecule has 1 aliphatic heterocycles. The second-order valence-corrected chi connectivity index (χ2v) is 3.56. The van der Waals surface area contributed by atoms with Crippen LogP contribution in [0.4, 0.5) is 0 Å². The number of benzene rings is 1. The molecule has 1 heterocycles. The first-order valence-electron chi connectivity index (χ1n) is 4.81. The monoisotopic (exact) mass is 221 g/mol. The fraction of sp³-hybridized carbons (Fsp3) is 0.273. The van der Waals surface area contributed by atoms with Crippen LogP contribution in [0.1, 0.15) is 18.6 Å². The molecule has 2 N–H and O–H groups in total. The molecule has 0 saturated heterocycles. The summed E-state index contributed by atoms with van der Waals surface area (Å²) < 4.78 is 5.35. The summed E-state index contributed by atoms with van der Waals surface area (Å²) in [4.78, 5) is 14.9. The number of hydrogen-bond donors (Lipinski definition) is 2. The number of aliphatic carboxylic acids is 1. The van der Waals surface area contributed by atoms with Gasteiger partial charge in [-0.3, -0.25) is 0 Å². The Morgan fingerprint density at radius 1 is 1.38 bits per heavy atom. The van der Waals surface area contributed by atoms with Gasteiger partial charge in [0.25, 0.3) is 0 Å². The van der Waals surface area contributed by atoms with Crippen molar-refractivity contribution in [2.24, 2.45) is 4.99 Å². The Morgan fingerprint density at radius 2 is 2.00 bits per heavy atom. The highest BCUT2D eigenvalue weighted by Crippen LogP contribution is 2.30. The van der Waals surface area contributed by atoms with Gasteiger partial charge in [-0.2, -0.15) is 0 Å². The van der Waals surface area contributed by atoms with Crippen LogP contribution in [0.15, 0.2) is 29.3 Å². The summed E-state index contributed by atoms with van der Waals surface area (Å²) in [6.45, 7) is 1.62. The molecule has 2 rings (SSSR count). The first-order valence-corrected chi connectivity index (χ1v) is 4.81. The number of phenolic OH excluding ortho intramolecular Hbond substituents is 1. The third kappa shape index (κ3) is 1.84. The molecule has 0 aliphatic carbocycles. The van der Waals surface area contributed by atoms with Crippen LogP contribution in [0, 0.1) is 0 Å². The topological polar surface area (TPSA) is 79.1 Å². The lowest BCUT2D eigenvalue weighted by Gasteiger charge is -2.14. The number of carboxylic acids is 1. The van der Waals surface area contributed by atoms with E-state index in [2.05, 4.69) is 4.99 Å². The molecule has 0 aromatic heterocycles. The number of aromatic hydroxyl groups is 1. The lowest BCUT2D eigenvalue weighted by molar-refractivity contribution is -0.140. The Balaban J connectivity index is 2.28. The Kier molecular flexibility index (Phi) is 2.52. The molecule has 0 amide bonds. The van der Waals surface area contributed by atoms with Crippen molar-refractivity contribution >= 4 is 11.9 Å². The van der Waals surface area contributed by atoms with E-state index in [0.717, 1.165) is 0 Å². The average Bonchev–Trinajstić information content (AvgIpc) is 2.61. The van der Waals surface area contributed by atoms with E-state index in [1.54, 1.807) is 19.1 Å². The minimum atomic E-state index is -1.02. The molecule has 1 aliphatic rings. The Morgan fingerprint density at radius 3 is 2.56 bits per heavy atom. The highest BCUT2D eigenvalue weighted by Gasteiger charge is 2.36. The number of aliphatic imine (C=N–C) groups is 1. The van der Waals surface area contributed by atoms with E-state index in [9.17, 15) is 4.79 Å². The van der Waals surface area contributed by atoms with E-state index in [-0.39, 0.29) is 5.75 Å². The van der Waals surface area contributed by atoms with Crippen molar-refractivity contribution in [2.75, 3.05) is 0 Å². The van der Waals surface area contributed by atoms with Crippen molar-refractivity contribution < 1.29 is 19.7 Å². The fourth-order valence-corrected chi connectivity index (χ4v) is 1.64. The van der Waals surface area contributed by atoms with E-state index in [4.69, 9.17) is 14.9 Å². The summed E-state index contributed by atoms with van der Waals surface area (Å²) in [5, 5.41) is 18.1. The third-order valence-electron chi connectivity index (χ3n) is 2.38. The van der Waals surface area contributed by atoms with Crippen LogP contribution in [0.5, 0.6) is 5.75 Å². The van der Waals surface area contributed by atoms with Gasteiger partial charge in [-0.1, -0.05) is 12.1 Å². The molecular formula is C11H11NO4. The lowest BCUT2D eigenvalue weighted by atomic mass is 10.0. The Hall–Kier alpha value is -2.04. The van der Waals surface area contributed by atoms with Gasteiger partial charge in [-0.25, -0.2) is 9.79 Å². The van der Waals surface area contributed by atoms with E-state index in [1.165, 1.54) is 12.1 Å². The standard InChI is InChI=1S/C11H11NO4/c1-6-12-9(11(14)15)10(16-6)7-2-4-8(13)5-3-7/h2-5,9-10,13H,1H3,(H,14,15). The number of carboxylic acid groups (broad SMARTS) is 1. The van der Waals surface area contributed by atoms with Crippen molar-refractivity contribution in [3.8, 4) is 5.75 Å². The summed E-state index contributed by atoms with van der Waals surface area (Å²) in [7, 11) is 0. The highest BCUT2D eigenvalue weighted by atomic mass is 16.5. The SMILES string of the molecule is CC1=NC(C(=O)O)C(c2ccc(O)cc2)O1. The predicted octanol–water partition coefficient (Wildman–Crippen LogP) is 1.34. The smallest absolute Gasteiger partial charge is 0.332 e. The molecule has 0 saturated carbocycles. The van der Waals surface area contributed by atoms with Crippen LogP contribution >= 0.6 is 0 Å². The zero-order chi connectivity index (χ0) is 11.7. The van der Waals surface area contributed by atoms with Crippen molar-refractivity contribution in [3.05, 3.63) is 29.8 Å². The van der Waals surface area contributed by atoms with Crippen molar-refractivity contribution in [1.82, 2.24) is 0 Å². The molecule has 0 radical (unpaired) electrons. The van der Waals surface area contributed by atoms with Gasteiger partial charge in [0.05, 0.1) is 0 Å². The van der Waals surface area contributed by atoms with Gasteiger partial charge in [-0.05, 0) is 17.7 Å². The third-order valence-corrected chi connectivity index (χ3v) is 2.38. The number of hydrogen-bond acceptors (Lipinski definition) is 4. The second-order valence-electron chi connectivity index (χ2n) is 3.56. The van der Waals surface area contributed by atoms with E-state index in [1.807, 2.05) is 0 Å². The van der Waals surface area contributed by atoms with Crippen LogP contribution in [0.2, 0.25) is 0 Å². The molecule has 0 spiro atoms. The van der Waals surface area contributed by atoms with Crippen LogP contribution < -0.4 is 0 Å². The Labute approximate surface area is 92.0 Å². The normalized spacial score (nSPS) is 23.7. The molecule has 84 valence electrons. The lowest BCUT2D eigenvalue weighted by Crippen LogP contribution is -2.23. The molecule has 0 bridgehead atoms. The van der Waals surface area contributed by atoms with Gasteiger partial charge in [0, 0.05) is 6.92 Å². The first-order chi connectivity index (χ1) is 7.58. The van der Waals surface area contributed by atoms with Crippen molar-refractivity contribution in [3.63, 3.8) is 0 Å². The van der Waals surface area contributed by atoms with E-state index in [0.29, 0.717) is 11.5 Å². The molecule has 2 atom stereocenters. The average molecular weight is 221 g/mol. The van der Waals surface area contributed by atoms with Gasteiger partial charge >= 0.3 is 5.97 Å². The zero-order valence-corrected chi connectivity index (χ0v) is 8.62. The van der Waals surface area contributed by atoms with Gasteiger partial charge in [-0.15, -0.1) is 0 Å². The molecule has 5 nitrogen and oxygen atoms in total. The van der Waals surface area contributed by atoms with Crippen LogP contribution in [0.25, 0.3) is 0 Å². The van der Waals surface area contributed by atoms with Gasteiger partial charge < -0.3 is 14.9 Å². The quantitative estimate of drug-likeness (QED) is 0.789. The first kappa shape index (κ1) is 10.5. The van der Waals surface area contributed by atoms with E-state index < -0.39 is 18.1 Å². The molecule has 16 heavy (non-hydrogen) atoms. The minimum Gasteiger partial charge on any atom is -0.508 e. The Bertz CT molecular complexity index is 438. The predicted molar refractivity (Wildman–Crippen MR) is 56.5 cm³/mol. The molecule has 5 heteroatoms. The minimum absolute atomic E-state index is 0.131. The van der Waals surface area contributed by atoms with Crippen molar-refractivity contribution in [1.29, 1.82) is 0 Å². The van der Waals surface area contributed by atoms with Crippen molar-refractivity contribution in [2.45, 2.75) is 19.1 Å². The summed E-state index contributed by atoms with van der Waals surface area (Å²) in [6.07, 6.45) is -0.613. The number of carbonyl (C=O) groups is 1. The van der Waals surface area contributed by atoms with Crippen LogP contribution in [-0.2, 0) is 9.53 Å². The molecule has 1 aromatic carbocycles. The maximum atomic E-state index is 11.0. The van der Waals surface area contributed by atoms with Gasteiger partial charge in [0.15, 0.2) is 18.0 Å². The van der Waals surface area contributed by atoms with Crippen LogP contribution in [-0.4, -0.2) is 28.1 Å². The van der Waals surface area contributed by atoms with E-state index >= 15 is 0 Å². The zero-order valence-electron chi connectivity index (χ0n) is 8.62. The largest absolute Gasteiger partial charge is 0.508 e. The summed E-state index contributed by atoms with van der Waals surface area (Å²) in [6, 6.07) is 5.33. The number of rotatable bonds is 2. The molecule has 1 aromatic rings. The molecular weight excluding hydrogens is 210 g/mol. The van der Waals surface area contributed by atoms with Gasteiger partial charge in [0.2, 0.25) is 0 Å². The number of ether oxygens (including phenoxy) is 1. The van der Waals surface area contributed by atoms with Gasteiger partial charge in [0.1, 0.15) is 5.75 Å².